The van der Waals surface area contributed by atoms with E-state index in [-0.39, 0.29) is 138 Å². The predicted molar refractivity (Wildman–Crippen MR) is 9.47 cm³/mol. The molecule has 5 heteroatoms. The fourth-order valence-electron chi connectivity index (χ4n) is 0. The molecular weight excluding hydrogens is 156 g/mol. The van der Waals surface area contributed by atoms with E-state index < -0.39 is 0 Å². The molecule has 0 N–H and O–H groups in total. The Morgan fingerprint density at radius 3 is 1.00 bits per heavy atom. The molecule has 0 nitrogen and oxygen atoms in total. The van der Waals surface area contributed by atoms with Gasteiger partial charge in [-0.2, -0.15) is 0 Å². The maximum absolute atomic E-state index is 0. The molecule has 0 aliphatic rings. The van der Waals surface area contributed by atoms with E-state index in [4.69, 9.17) is 0 Å². The van der Waals surface area contributed by atoms with Gasteiger partial charge < -0.3 is 15.3 Å². The third-order valence-electron chi connectivity index (χ3n) is 0. The first-order valence-corrected chi connectivity index (χ1v) is 0. The zero-order chi connectivity index (χ0) is 0. The first kappa shape index (κ1) is 35.0. The van der Waals surface area contributed by atoms with E-state index in [9.17, 15) is 0 Å². The van der Waals surface area contributed by atoms with Gasteiger partial charge in [0.25, 0.3) is 0 Å². The van der Waals surface area contributed by atoms with Crippen LogP contribution < -0.4 is 123 Å². The van der Waals surface area contributed by atoms with Crippen LogP contribution in [0.5, 0.6) is 0 Å². The summed E-state index contributed by atoms with van der Waals surface area (Å²) in [5.41, 5.74) is 0. The Bertz CT molecular complexity index is 13.7. The molecule has 0 saturated heterocycles. The van der Waals surface area contributed by atoms with Gasteiger partial charge in [-0.15, -0.1) is 12.4 Å². The van der Waals surface area contributed by atoms with Crippen LogP contribution in [-0.2, 0) is 0 Å². The van der Waals surface area contributed by atoms with Crippen LogP contribution >= 0.6 is 12.4 Å². The summed E-state index contributed by atoms with van der Waals surface area (Å²) in [6, 6.07) is 0. The van der Waals surface area contributed by atoms with Crippen molar-refractivity contribution in [1.82, 2.24) is 0 Å². The van der Waals surface area contributed by atoms with E-state index in [0.29, 0.717) is 0 Å². The molecule has 0 bridgehead atoms. The Balaban J connectivity index is 0. The molecule has 0 aliphatic carbocycles. The maximum atomic E-state index is 0. The van der Waals surface area contributed by atoms with Crippen molar-refractivity contribution in [1.29, 1.82) is 0 Å². The Hall–Kier alpha value is 4.22. The normalized spacial score (nSPS) is 0. The molecule has 0 aromatic rings. The van der Waals surface area contributed by atoms with Crippen LogP contribution in [0.2, 0.25) is 0 Å². The van der Waals surface area contributed by atoms with Crippen LogP contribution in [0.3, 0.4) is 0 Å². The van der Waals surface area contributed by atoms with E-state index in [1.165, 1.54) is 0 Å². The molecule has 0 rings (SSSR count). The van der Waals surface area contributed by atoms with Gasteiger partial charge in [0, 0.05) is 0 Å². The van der Waals surface area contributed by atoms with E-state index in [1.807, 2.05) is 0 Å². The molecule has 0 saturated carbocycles. The minimum Gasteiger partial charge on any atom is -1.00 e. The third kappa shape index (κ3) is 17.9. The predicted octanol–water partition coefficient (Wildman–Crippen LogP) is -11.3. The van der Waals surface area contributed by atoms with Crippen LogP contribution in [-0.4, -0.2) is 0 Å². The minimum absolute atomic E-state index is 0. The van der Waals surface area contributed by atoms with Gasteiger partial charge in [-0.25, -0.2) is 0 Å². The summed E-state index contributed by atoms with van der Waals surface area (Å²) in [5.74, 6) is 0. The summed E-state index contributed by atoms with van der Waals surface area (Å²) in [5, 5.41) is 0. The van der Waals surface area contributed by atoms with Gasteiger partial charge in [0.05, 0.1) is 0 Å². The van der Waals surface area contributed by atoms with E-state index in [1.54, 1.807) is 0 Å². The fraction of sp³-hybridized carbons (Fsp3) is 0. The smallest absolute Gasteiger partial charge is 1.00 e. The first-order valence-electron chi connectivity index (χ1n) is 0. The molecule has 5 heavy (non-hydrogen) atoms. The van der Waals surface area contributed by atoms with Gasteiger partial charge in [-0.3, -0.25) is 0 Å². The van der Waals surface area contributed by atoms with Crippen LogP contribution in [0.4, 0.5) is 0 Å². The van der Waals surface area contributed by atoms with E-state index in [2.05, 4.69) is 0 Å². The molecule has 20 valence electrons. The van der Waals surface area contributed by atoms with Gasteiger partial charge in [0.1, 0.15) is 0 Å². The number of hydrogen-bond donors (Lipinski definition) is 0. The van der Waals surface area contributed by atoms with Crippen molar-refractivity contribution in [2.75, 3.05) is 0 Å². The van der Waals surface area contributed by atoms with Crippen LogP contribution in [0.15, 0.2) is 0 Å². The first-order chi connectivity index (χ1) is 0. The SMILES string of the molecule is Cl.[Cl-].[H-].[H-].[K+].[Na+].[Na+]. The van der Waals surface area contributed by atoms with Crippen molar-refractivity contribution in [2.24, 2.45) is 0 Å². The molecule has 0 spiro atoms. The fourth-order valence-corrected chi connectivity index (χ4v) is 0. The molecule has 0 heterocycles. The standard InChI is InChI=1S/2ClH.K.2Na.2H/h2*1H;;;;;/q;;3*+1;2*-1/p-1. The third-order valence-corrected chi connectivity index (χ3v) is 0. The number of halogens is 2. The zero-order valence-corrected chi connectivity index (χ0v) is 12.5. The van der Waals surface area contributed by atoms with Gasteiger partial charge in [-0.1, -0.05) is 0 Å². The Kier molecular flexibility index (Phi) is 168. The summed E-state index contributed by atoms with van der Waals surface area (Å²) >= 11 is 0. The van der Waals surface area contributed by atoms with Crippen molar-refractivity contribution in [2.45, 2.75) is 0 Å². The molecule has 0 fully saturated rings. The average molecular weight is 159 g/mol. The Labute approximate surface area is 134 Å². The van der Waals surface area contributed by atoms with Gasteiger partial charge >= 0.3 is 110 Å². The summed E-state index contributed by atoms with van der Waals surface area (Å²) in [7, 11) is 0. The maximum Gasteiger partial charge on any atom is 1.00 e. The molecule has 0 radical (unpaired) electrons. The van der Waals surface area contributed by atoms with Crippen LogP contribution in [0, 0.1) is 0 Å². The Morgan fingerprint density at radius 1 is 1.00 bits per heavy atom. The topological polar surface area (TPSA) is 0 Å². The van der Waals surface area contributed by atoms with Gasteiger partial charge in [0.15, 0.2) is 0 Å². The van der Waals surface area contributed by atoms with Gasteiger partial charge in [-0.05, 0) is 0 Å². The monoisotopic (exact) mass is 158 g/mol. The average Bonchev–Trinajstić information content (AvgIpc) is 0. The second-order valence-electron chi connectivity index (χ2n) is 0. The Morgan fingerprint density at radius 2 is 1.00 bits per heavy atom. The summed E-state index contributed by atoms with van der Waals surface area (Å²) < 4.78 is 0. The molecule has 0 amide bonds. The van der Waals surface area contributed by atoms with Crippen molar-refractivity contribution in [3.05, 3.63) is 0 Å². The molecule has 0 atom stereocenters. The molecule has 0 aliphatic heterocycles. The second-order valence-corrected chi connectivity index (χ2v) is 0. The van der Waals surface area contributed by atoms with Crippen molar-refractivity contribution >= 4 is 12.4 Å². The zero-order valence-electron chi connectivity index (χ0n) is 5.79. The molecule has 0 aromatic heterocycles. The van der Waals surface area contributed by atoms with Crippen molar-refractivity contribution in [3.63, 3.8) is 0 Å². The van der Waals surface area contributed by atoms with Crippen LogP contribution in [0.1, 0.15) is 2.85 Å². The van der Waals surface area contributed by atoms with E-state index >= 15 is 0 Å². The molecular formula is H3Cl2KNa2. The number of rotatable bonds is 0. The van der Waals surface area contributed by atoms with Gasteiger partial charge in [0.2, 0.25) is 0 Å². The molecule has 0 unspecified atom stereocenters. The molecule has 0 aromatic carbocycles. The van der Waals surface area contributed by atoms with E-state index in [0.717, 1.165) is 0 Å². The summed E-state index contributed by atoms with van der Waals surface area (Å²) in [6.07, 6.45) is 0. The number of hydrogen-bond acceptors (Lipinski definition) is 0. The van der Waals surface area contributed by atoms with Crippen molar-refractivity contribution < 1.29 is 126 Å². The van der Waals surface area contributed by atoms with Crippen LogP contribution in [0.25, 0.3) is 0 Å². The quantitative estimate of drug-likeness (QED) is 0.308. The summed E-state index contributed by atoms with van der Waals surface area (Å²) in [6.45, 7) is 0. The van der Waals surface area contributed by atoms with Crippen molar-refractivity contribution in [3.8, 4) is 0 Å². The summed E-state index contributed by atoms with van der Waals surface area (Å²) in [4.78, 5) is 0. The largest absolute Gasteiger partial charge is 1.00 e. The second kappa shape index (κ2) is 24.1. The minimum atomic E-state index is 0.